The van der Waals surface area contributed by atoms with Crippen LogP contribution in [-0.4, -0.2) is 26.4 Å². The van der Waals surface area contributed by atoms with Crippen molar-refractivity contribution >= 4 is 29.0 Å². The number of nitrogens with zero attached hydrogens (tertiary/aromatic N) is 3. The van der Waals surface area contributed by atoms with E-state index in [1.54, 1.807) is 22.8 Å². The molecule has 8 nitrogen and oxygen atoms in total. The number of carbonyl (C=O) groups excluding carboxylic acids is 2. The van der Waals surface area contributed by atoms with Crippen LogP contribution in [0.2, 0.25) is 0 Å². The summed E-state index contributed by atoms with van der Waals surface area (Å²) < 4.78 is 7.53. The molecule has 0 radical (unpaired) electrons. The van der Waals surface area contributed by atoms with Gasteiger partial charge in [0.15, 0.2) is 11.5 Å². The molecule has 0 atom stereocenters. The lowest BCUT2D eigenvalue weighted by Crippen LogP contribution is -2.25. The standard InChI is InChI=1S/C24H27N5O3/c1-15-7-10-18(13-19(15)25-23(30)16-5-3-2-4-6-16)32-22-12-11-21-26-20(14-29(21)28-22)27-24(31)17-8-9-17/h7,10-14,16-17H,2-6,8-9H2,1H3,(H,25,30)(H,27,31). The zero-order chi connectivity index (χ0) is 22.1. The lowest BCUT2D eigenvalue weighted by molar-refractivity contribution is -0.120. The zero-order valence-corrected chi connectivity index (χ0v) is 18.1. The monoisotopic (exact) mass is 433 g/mol. The molecule has 2 fully saturated rings. The number of amides is 2. The van der Waals surface area contributed by atoms with Crippen molar-refractivity contribution in [3.05, 3.63) is 42.1 Å². The van der Waals surface area contributed by atoms with Crippen LogP contribution in [0.25, 0.3) is 5.65 Å². The summed E-state index contributed by atoms with van der Waals surface area (Å²) in [5.41, 5.74) is 2.36. The molecule has 2 aromatic heterocycles. The van der Waals surface area contributed by atoms with Crippen molar-refractivity contribution < 1.29 is 14.3 Å². The van der Waals surface area contributed by atoms with E-state index in [9.17, 15) is 9.59 Å². The summed E-state index contributed by atoms with van der Waals surface area (Å²) in [6.45, 7) is 1.97. The molecular weight excluding hydrogens is 406 g/mol. The molecule has 2 N–H and O–H groups in total. The number of anilines is 2. The smallest absolute Gasteiger partial charge is 0.237 e. The Morgan fingerprint density at radius 1 is 0.969 bits per heavy atom. The Kier molecular flexibility index (Phi) is 5.51. The molecule has 0 bridgehead atoms. The minimum Gasteiger partial charge on any atom is -0.438 e. The molecule has 0 spiro atoms. The lowest BCUT2D eigenvalue weighted by atomic mass is 9.88. The number of ether oxygens (including phenoxy) is 1. The normalized spacial score (nSPS) is 16.7. The Hall–Kier alpha value is -3.42. The third-order valence-electron chi connectivity index (χ3n) is 6.16. The van der Waals surface area contributed by atoms with Crippen molar-refractivity contribution in [1.29, 1.82) is 0 Å². The van der Waals surface area contributed by atoms with Crippen LogP contribution in [0.3, 0.4) is 0 Å². The van der Waals surface area contributed by atoms with Gasteiger partial charge in [-0.25, -0.2) is 9.50 Å². The van der Waals surface area contributed by atoms with Crippen LogP contribution in [0.1, 0.15) is 50.5 Å². The Morgan fingerprint density at radius 2 is 1.72 bits per heavy atom. The number of imidazole rings is 1. The van der Waals surface area contributed by atoms with E-state index < -0.39 is 0 Å². The topological polar surface area (TPSA) is 97.6 Å². The van der Waals surface area contributed by atoms with Crippen LogP contribution < -0.4 is 15.4 Å². The second-order valence-corrected chi connectivity index (χ2v) is 8.77. The summed E-state index contributed by atoms with van der Waals surface area (Å²) in [5, 5.41) is 10.3. The maximum Gasteiger partial charge on any atom is 0.237 e. The van der Waals surface area contributed by atoms with Gasteiger partial charge in [-0.2, -0.15) is 0 Å². The average molecular weight is 434 g/mol. The van der Waals surface area contributed by atoms with Crippen LogP contribution in [0.5, 0.6) is 11.6 Å². The number of aryl methyl sites for hydroxylation is 1. The molecule has 32 heavy (non-hydrogen) atoms. The largest absolute Gasteiger partial charge is 0.438 e. The van der Waals surface area contributed by atoms with E-state index in [0.717, 1.165) is 49.8 Å². The molecule has 0 unspecified atom stereocenters. The van der Waals surface area contributed by atoms with Crippen molar-refractivity contribution in [2.45, 2.75) is 51.9 Å². The fourth-order valence-electron chi connectivity index (χ4n) is 4.07. The summed E-state index contributed by atoms with van der Waals surface area (Å²) in [5.74, 6) is 1.76. The third kappa shape index (κ3) is 4.59. The molecule has 2 saturated carbocycles. The van der Waals surface area contributed by atoms with Gasteiger partial charge in [-0.15, -0.1) is 5.10 Å². The van der Waals surface area contributed by atoms with Gasteiger partial charge in [-0.1, -0.05) is 25.3 Å². The number of hydrogen-bond donors (Lipinski definition) is 2. The summed E-state index contributed by atoms with van der Waals surface area (Å²) in [7, 11) is 0. The predicted octanol–water partition coefficient (Wildman–Crippen LogP) is 4.70. The Bertz CT molecular complexity index is 1160. The number of carbonyl (C=O) groups is 2. The van der Waals surface area contributed by atoms with Crippen LogP contribution in [0, 0.1) is 18.8 Å². The Labute approximate surface area is 186 Å². The summed E-state index contributed by atoms with van der Waals surface area (Å²) in [6, 6.07) is 9.13. The molecule has 0 aliphatic heterocycles. The number of aromatic nitrogens is 3. The lowest BCUT2D eigenvalue weighted by Gasteiger charge is -2.21. The number of hydrogen-bond acceptors (Lipinski definition) is 5. The molecule has 2 aliphatic rings. The van der Waals surface area contributed by atoms with Crippen LogP contribution in [0.15, 0.2) is 36.5 Å². The first kappa shape index (κ1) is 20.5. The fraction of sp³-hybridized carbons (Fsp3) is 0.417. The van der Waals surface area contributed by atoms with Crippen LogP contribution in [-0.2, 0) is 9.59 Å². The molecule has 166 valence electrons. The van der Waals surface area contributed by atoms with E-state index in [2.05, 4.69) is 20.7 Å². The molecule has 3 aromatic rings. The van der Waals surface area contributed by atoms with Gasteiger partial charge >= 0.3 is 0 Å². The van der Waals surface area contributed by atoms with Crippen molar-refractivity contribution in [2.75, 3.05) is 10.6 Å². The second-order valence-electron chi connectivity index (χ2n) is 8.77. The number of nitrogens with one attached hydrogen (secondary N) is 2. The molecule has 2 heterocycles. The minimum absolute atomic E-state index is 0.00679. The van der Waals surface area contributed by atoms with E-state index in [1.165, 1.54) is 6.42 Å². The molecule has 8 heteroatoms. The van der Waals surface area contributed by atoms with Gasteiger partial charge in [0, 0.05) is 29.7 Å². The SMILES string of the molecule is Cc1ccc(Oc2ccc3nc(NC(=O)C4CC4)cn3n2)cc1NC(=O)C1CCCCC1. The fourth-order valence-corrected chi connectivity index (χ4v) is 4.07. The molecular formula is C24H27N5O3. The summed E-state index contributed by atoms with van der Waals surface area (Å²) in [4.78, 5) is 29.0. The van der Waals surface area contributed by atoms with Crippen molar-refractivity contribution in [1.82, 2.24) is 14.6 Å². The molecule has 2 aliphatic carbocycles. The first-order valence-corrected chi connectivity index (χ1v) is 11.3. The van der Waals surface area contributed by atoms with E-state index in [4.69, 9.17) is 4.74 Å². The first-order chi connectivity index (χ1) is 15.5. The van der Waals surface area contributed by atoms with E-state index in [0.29, 0.717) is 23.1 Å². The highest BCUT2D eigenvalue weighted by Crippen LogP contribution is 2.31. The van der Waals surface area contributed by atoms with Crippen molar-refractivity contribution in [3.63, 3.8) is 0 Å². The van der Waals surface area contributed by atoms with Crippen molar-refractivity contribution in [2.24, 2.45) is 11.8 Å². The highest BCUT2D eigenvalue weighted by molar-refractivity contribution is 5.94. The highest BCUT2D eigenvalue weighted by atomic mass is 16.5. The maximum atomic E-state index is 12.7. The second kappa shape index (κ2) is 8.61. The number of fused-ring (bicyclic) bond motifs is 1. The Morgan fingerprint density at radius 3 is 2.50 bits per heavy atom. The van der Waals surface area contributed by atoms with E-state index >= 15 is 0 Å². The van der Waals surface area contributed by atoms with Crippen LogP contribution >= 0.6 is 0 Å². The number of rotatable bonds is 6. The minimum atomic E-state index is 0.00679. The quantitative estimate of drug-likeness (QED) is 0.587. The third-order valence-corrected chi connectivity index (χ3v) is 6.16. The highest BCUT2D eigenvalue weighted by Gasteiger charge is 2.30. The number of benzene rings is 1. The maximum absolute atomic E-state index is 12.7. The van der Waals surface area contributed by atoms with Gasteiger partial charge in [-0.05, 0) is 50.3 Å². The summed E-state index contributed by atoms with van der Waals surface area (Å²) >= 11 is 0. The molecule has 2 amide bonds. The van der Waals surface area contributed by atoms with Gasteiger partial charge in [0.2, 0.25) is 17.7 Å². The molecule has 0 saturated heterocycles. The van der Waals surface area contributed by atoms with Gasteiger partial charge < -0.3 is 15.4 Å². The Balaban J connectivity index is 1.29. The van der Waals surface area contributed by atoms with Crippen LogP contribution in [0.4, 0.5) is 11.5 Å². The van der Waals surface area contributed by atoms with Gasteiger partial charge in [0.1, 0.15) is 5.75 Å². The van der Waals surface area contributed by atoms with E-state index in [-0.39, 0.29) is 23.7 Å². The predicted molar refractivity (Wildman–Crippen MR) is 121 cm³/mol. The average Bonchev–Trinajstić information content (AvgIpc) is 3.57. The van der Waals surface area contributed by atoms with Gasteiger partial charge in [0.25, 0.3) is 0 Å². The zero-order valence-electron chi connectivity index (χ0n) is 18.1. The summed E-state index contributed by atoms with van der Waals surface area (Å²) in [6.07, 6.45) is 8.92. The van der Waals surface area contributed by atoms with Crippen molar-refractivity contribution in [3.8, 4) is 11.6 Å². The first-order valence-electron chi connectivity index (χ1n) is 11.3. The van der Waals surface area contributed by atoms with Gasteiger partial charge in [-0.3, -0.25) is 9.59 Å². The molecule has 1 aromatic carbocycles. The molecule has 5 rings (SSSR count). The van der Waals surface area contributed by atoms with Gasteiger partial charge in [0.05, 0.1) is 6.20 Å². The van der Waals surface area contributed by atoms with E-state index in [1.807, 2.05) is 25.1 Å².